The molecule has 1 heterocycles. The molecule has 0 spiro atoms. The second-order valence-electron chi connectivity index (χ2n) is 6.48. The normalized spacial score (nSPS) is 19.5. The lowest BCUT2D eigenvalue weighted by Gasteiger charge is -2.26. The highest BCUT2D eigenvalue weighted by atomic mass is 16.5. The van der Waals surface area contributed by atoms with Gasteiger partial charge in [-0.15, -0.1) is 0 Å². The van der Waals surface area contributed by atoms with E-state index in [-0.39, 0.29) is 5.41 Å². The summed E-state index contributed by atoms with van der Waals surface area (Å²) in [5.74, 6) is 0. The summed E-state index contributed by atoms with van der Waals surface area (Å²) in [5, 5.41) is 3.64. The third kappa shape index (κ3) is 3.42. The number of benzene rings is 1. The summed E-state index contributed by atoms with van der Waals surface area (Å²) in [4.78, 5) is 0. The largest absolute Gasteiger partial charge is 0.379 e. The molecule has 0 aliphatic carbocycles. The summed E-state index contributed by atoms with van der Waals surface area (Å²) in [7, 11) is 0. The molecule has 0 radical (unpaired) electrons. The molecule has 2 nitrogen and oxygen atoms in total. The van der Waals surface area contributed by atoms with Crippen molar-refractivity contribution in [1.29, 1.82) is 0 Å². The average molecular weight is 275 g/mol. The lowest BCUT2D eigenvalue weighted by molar-refractivity contribution is 0.121. The summed E-state index contributed by atoms with van der Waals surface area (Å²) in [6.07, 6.45) is 3.35. The van der Waals surface area contributed by atoms with Crippen LogP contribution in [0.2, 0.25) is 0 Å². The first-order valence-electron chi connectivity index (χ1n) is 8.03. The minimum Gasteiger partial charge on any atom is -0.379 e. The molecule has 2 heteroatoms. The van der Waals surface area contributed by atoms with Crippen LogP contribution in [-0.2, 0) is 16.6 Å². The summed E-state index contributed by atoms with van der Waals surface area (Å²) in [6.45, 7) is 11.8. The Labute approximate surface area is 123 Å². The molecular weight excluding hydrogens is 246 g/mol. The quantitative estimate of drug-likeness (QED) is 0.877. The maximum Gasteiger partial charge on any atom is 0.0661 e. The molecule has 1 aromatic carbocycles. The molecule has 1 N–H and O–H groups in total. The van der Waals surface area contributed by atoms with E-state index >= 15 is 0 Å². The van der Waals surface area contributed by atoms with E-state index in [1.165, 1.54) is 16.7 Å². The molecule has 20 heavy (non-hydrogen) atoms. The minimum atomic E-state index is 0.248. The van der Waals surface area contributed by atoms with Gasteiger partial charge in [0.15, 0.2) is 0 Å². The molecule has 0 bridgehead atoms. The zero-order valence-electron chi connectivity index (χ0n) is 13.5. The third-order valence-corrected chi connectivity index (χ3v) is 4.63. The van der Waals surface area contributed by atoms with Crippen LogP contribution in [0.4, 0.5) is 0 Å². The Morgan fingerprint density at radius 2 is 2.10 bits per heavy atom. The lowest BCUT2D eigenvalue weighted by Crippen LogP contribution is -2.26. The van der Waals surface area contributed by atoms with E-state index in [9.17, 15) is 0 Å². The van der Waals surface area contributed by atoms with Crippen LogP contribution in [0.3, 0.4) is 0 Å². The highest BCUT2D eigenvalue weighted by Crippen LogP contribution is 2.31. The van der Waals surface area contributed by atoms with Gasteiger partial charge in [-0.2, -0.15) is 0 Å². The molecule has 0 saturated carbocycles. The van der Waals surface area contributed by atoms with Crippen LogP contribution in [0.15, 0.2) is 18.2 Å². The molecule has 0 amide bonds. The summed E-state index contributed by atoms with van der Waals surface area (Å²) in [6, 6.07) is 7.39. The third-order valence-electron chi connectivity index (χ3n) is 4.63. The summed E-state index contributed by atoms with van der Waals surface area (Å²) < 4.78 is 5.78. The van der Waals surface area contributed by atoms with Crippen molar-refractivity contribution in [3.05, 3.63) is 34.9 Å². The minimum absolute atomic E-state index is 0.248. The van der Waals surface area contributed by atoms with Crippen molar-refractivity contribution in [3.63, 3.8) is 0 Å². The van der Waals surface area contributed by atoms with Crippen LogP contribution >= 0.6 is 0 Å². The molecule has 2 rings (SSSR count). The van der Waals surface area contributed by atoms with Gasteiger partial charge in [0.2, 0.25) is 0 Å². The Morgan fingerprint density at radius 3 is 2.80 bits per heavy atom. The zero-order valence-corrected chi connectivity index (χ0v) is 13.5. The van der Waals surface area contributed by atoms with Crippen molar-refractivity contribution in [2.24, 2.45) is 0 Å². The Kier molecular flexibility index (Phi) is 5.22. The van der Waals surface area contributed by atoms with Crippen LogP contribution in [0.25, 0.3) is 0 Å². The van der Waals surface area contributed by atoms with E-state index in [1.54, 1.807) is 0 Å². The molecule has 1 aliphatic heterocycles. The van der Waals surface area contributed by atoms with Gasteiger partial charge in [0, 0.05) is 0 Å². The van der Waals surface area contributed by atoms with Crippen LogP contribution < -0.4 is 5.32 Å². The molecule has 0 aromatic heterocycles. The van der Waals surface area contributed by atoms with Gasteiger partial charge in [0.25, 0.3) is 0 Å². The van der Waals surface area contributed by atoms with Crippen molar-refractivity contribution < 1.29 is 4.74 Å². The van der Waals surface area contributed by atoms with E-state index in [0.29, 0.717) is 6.04 Å². The first-order valence-corrected chi connectivity index (χ1v) is 8.03. The van der Waals surface area contributed by atoms with Crippen molar-refractivity contribution in [1.82, 2.24) is 5.32 Å². The first kappa shape index (κ1) is 15.5. The van der Waals surface area contributed by atoms with Crippen LogP contribution in [0.1, 0.15) is 63.3 Å². The van der Waals surface area contributed by atoms with Gasteiger partial charge in [-0.3, -0.25) is 0 Å². The number of hydrogen-bond acceptors (Lipinski definition) is 2. The van der Waals surface area contributed by atoms with Gasteiger partial charge in [0.1, 0.15) is 0 Å². The highest BCUT2D eigenvalue weighted by molar-refractivity contribution is 5.38. The van der Waals surface area contributed by atoms with E-state index in [4.69, 9.17) is 4.74 Å². The van der Waals surface area contributed by atoms with Crippen molar-refractivity contribution in [2.45, 2.75) is 58.4 Å². The van der Waals surface area contributed by atoms with Crippen molar-refractivity contribution >= 4 is 0 Å². The number of rotatable bonds is 5. The smallest absolute Gasteiger partial charge is 0.0661 e. The van der Waals surface area contributed by atoms with Gasteiger partial charge in [-0.25, -0.2) is 0 Å². The van der Waals surface area contributed by atoms with E-state index in [0.717, 1.165) is 39.0 Å². The van der Waals surface area contributed by atoms with Crippen LogP contribution in [0, 0.1) is 0 Å². The number of fused-ring (bicyclic) bond motifs is 1. The number of ether oxygens (including phenoxy) is 1. The first-order chi connectivity index (χ1) is 9.58. The number of nitrogens with one attached hydrogen (secondary N) is 1. The maximum absolute atomic E-state index is 5.78. The second kappa shape index (κ2) is 6.73. The Hall–Kier alpha value is -0.860. The SMILES string of the molecule is CCCNC1COCCc2ccc(C(C)(C)CC)cc21. The molecule has 1 aromatic rings. The van der Waals surface area contributed by atoms with E-state index < -0.39 is 0 Å². The average Bonchev–Trinajstić information content (AvgIpc) is 2.66. The van der Waals surface area contributed by atoms with Crippen molar-refractivity contribution in [3.8, 4) is 0 Å². The molecule has 112 valence electrons. The Bertz CT molecular complexity index is 439. The molecule has 1 aliphatic rings. The predicted molar refractivity (Wildman–Crippen MR) is 85.3 cm³/mol. The number of hydrogen-bond donors (Lipinski definition) is 1. The second-order valence-corrected chi connectivity index (χ2v) is 6.48. The monoisotopic (exact) mass is 275 g/mol. The van der Waals surface area contributed by atoms with Crippen LogP contribution in [-0.4, -0.2) is 19.8 Å². The molecular formula is C18H29NO. The Morgan fingerprint density at radius 1 is 1.30 bits per heavy atom. The molecule has 1 atom stereocenters. The maximum atomic E-state index is 5.78. The zero-order chi connectivity index (χ0) is 14.6. The van der Waals surface area contributed by atoms with Crippen molar-refractivity contribution in [2.75, 3.05) is 19.8 Å². The summed E-state index contributed by atoms with van der Waals surface area (Å²) >= 11 is 0. The summed E-state index contributed by atoms with van der Waals surface area (Å²) in [5.41, 5.74) is 4.60. The topological polar surface area (TPSA) is 21.3 Å². The molecule has 0 fully saturated rings. The fraction of sp³-hybridized carbons (Fsp3) is 0.667. The lowest BCUT2D eigenvalue weighted by atomic mass is 9.80. The van der Waals surface area contributed by atoms with Gasteiger partial charge in [0.05, 0.1) is 19.3 Å². The van der Waals surface area contributed by atoms with Gasteiger partial charge >= 0.3 is 0 Å². The Balaban J connectivity index is 2.34. The standard InChI is InChI=1S/C18H29NO/c1-5-10-19-17-13-20-11-9-14-7-8-15(12-16(14)17)18(3,4)6-2/h7-8,12,17,19H,5-6,9-11,13H2,1-4H3. The molecule has 0 saturated heterocycles. The van der Waals surface area contributed by atoms with Crippen LogP contribution in [0.5, 0.6) is 0 Å². The van der Waals surface area contributed by atoms with E-state index in [1.807, 2.05) is 0 Å². The van der Waals surface area contributed by atoms with Gasteiger partial charge in [-0.1, -0.05) is 45.9 Å². The fourth-order valence-electron chi connectivity index (χ4n) is 2.73. The van der Waals surface area contributed by atoms with Gasteiger partial charge < -0.3 is 10.1 Å². The molecule has 1 unspecified atom stereocenters. The van der Waals surface area contributed by atoms with Gasteiger partial charge in [-0.05, 0) is 47.9 Å². The van der Waals surface area contributed by atoms with E-state index in [2.05, 4.69) is 51.2 Å². The fourth-order valence-corrected chi connectivity index (χ4v) is 2.73. The predicted octanol–water partition coefficient (Wildman–Crippen LogP) is 3.99. The highest BCUT2D eigenvalue weighted by Gasteiger charge is 2.23.